The summed E-state index contributed by atoms with van der Waals surface area (Å²) in [7, 11) is 0. The van der Waals surface area contributed by atoms with Crippen LogP contribution in [0.1, 0.15) is 20.7 Å². The van der Waals surface area contributed by atoms with Gasteiger partial charge in [-0.3, -0.25) is 10.1 Å². The van der Waals surface area contributed by atoms with Crippen LogP contribution in [0.15, 0.2) is 30.3 Å². The van der Waals surface area contributed by atoms with E-state index in [4.69, 9.17) is 22.4 Å². The summed E-state index contributed by atoms with van der Waals surface area (Å²) < 4.78 is 0. The summed E-state index contributed by atoms with van der Waals surface area (Å²) >= 11 is 5.76. The molecule has 2 aromatic rings. The van der Waals surface area contributed by atoms with Crippen molar-refractivity contribution in [1.29, 1.82) is 0 Å². The van der Waals surface area contributed by atoms with Crippen molar-refractivity contribution in [3.8, 4) is 11.1 Å². The molecule has 0 unspecified atom stereocenters. The van der Waals surface area contributed by atoms with E-state index in [1.54, 1.807) is 0 Å². The molecule has 4 N–H and O–H groups in total. The summed E-state index contributed by atoms with van der Waals surface area (Å²) in [4.78, 5) is 32.7. The number of halogens is 1. The molecule has 0 saturated carbocycles. The van der Waals surface area contributed by atoms with Crippen LogP contribution in [-0.2, 0) is 0 Å². The second-order valence-electron chi connectivity index (χ2n) is 4.49. The molecule has 2 aromatic carbocycles. The highest BCUT2D eigenvalue weighted by Gasteiger charge is 2.28. The molecule has 0 amide bonds. The van der Waals surface area contributed by atoms with Crippen molar-refractivity contribution >= 4 is 34.9 Å². The average Bonchev–Trinajstić information content (AvgIpc) is 2.48. The molecule has 0 fully saturated rings. The van der Waals surface area contributed by atoms with Gasteiger partial charge in [0, 0.05) is 0 Å². The van der Waals surface area contributed by atoms with Gasteiger partial charge >= 0.3 is 17.6 Å². The van der Waals surface area contributed by atoms with Crippen molar-refractivity contribution in [2.75, 3.05) is 5.73 Å². The van der Waals surface area contributed by atoms with Crippen molar-refractivity contribution in [1.82, 2.24) is 0 Å². The van der Waals surface area contributed by atoms with Gasteiger partial charge in [0.05, 0.1) is 26.6 Å². The summed E-state index contributed by atoms with van der Waals surface area (Å²) in [5.74, 6) is -2.60. The van der Waals surface area contributed by atoms with Gasteiger partial charge in [0.25, 0.3) is 0 Å². The number of aromatic carboxylic acids is 2. The third-order valence-electron chi connectivity index (χ3n) is 3.12. The minimum absolute atomic E-state index is 0.0461. The molecule has 23 heavy (non-hydrogen) atoms. The van der Waals surface area contributed by atoms with Crippen molar-refractivity contribution in [2.45, 2.75) is 0 Å². The normalized spacial score (nSPS) is 10.3. The molecule has 0 aliphatic rings. The van der Waals surface area contributed by atoms with E-state index in [0.717, 1.165) is 6.07 Å². The van der Waals surface area contributed by atoms with E-state index in [1.807, 2.05) is 0 Å². The minimum atomic E-state index is -1.42. The fourth-order valence-electron chi connectivity index (χ4n) is 2.08. The number of nitro benzene ring substituents is 1. The van der Waals surface area contributed by atoms with E-state index in [0.29, 0.717) is 0 Å². The number of nitrogens with zero attached hydrogens (tertiary/aromatic N) is 1. The molecule has 0 aliphatic heterocycles. The van der Waals surface area contributed by atoms with Crippen molar-refractivity contribution in [3.63, 3.8) is 0 Å². The van der Waals surface area contributed by atoms with Gasteiger partial charge in [-0.05, 0) is 23.8 Å². The first-order valence-electron chi connectivity index (χ1n) is 6.07. The van der Waals surface area contributed by atoms with Crippen LogP contribution in [0.25, 0.3) is 11.1 Å². The predicted octanol–water partition coefficient (Wildman–Crippen LogP) is 2.89. The summed E-state index contributed by atoms with van der Waals surface area (Å²) in [6, 6.07) is 5.97. The molecular formula is C14H9ClN2O6. The van der Waals surface area contributed by atoms with Crippen LogP contribution in [-0.4, -0.2) is 27.1 Å². The van der Waals surface area contributed by atoms with E-state index in [1.165, 1.54) is 24.3 Å². The number of anilines is 1. The molecular weight excluding hydrogens is 328 g/mol. The topological polar surface area (TPSA) is 144 Å². The average molecular weight is 337 g/mol. The molecule has 118 valence electrons. The number of carboxylic acid groups (broad SMARTS) is 2. The first-order valence-corrected chi connectivity index (χ1v) is 6.45. The van der Waals surface area contributed by atoms with Gasteiger partial charge in [-0.15, -0.1) is 0 Å². The molecule has 0 aromatic heterocycles. The van der Waals surface area contributed by atoms with Crippen molar-refractivity contribution in [2.24, 2.45) is 0 Å². The van der Waals surface area contributed by atoms with E-state index >= 15 is 0 Å². The zero-order valence-electron chi connectivity index (χ0n) is 11.3. The Labute approximate surface area is 133 Å². The summed E-state index contributed by atoms with van der Waals surface area (Å²) in [6.45, 7) is 0. The maximum Gasteiger partial charge on any atom is 0.336 e. The van der Waals surface area contributed by atoms with Crippen LogP contribution >= 0.6 is 11.6 Å². The Morgan fingerprint density at radius 3 is 2.13 bits per heavy atom. The van der Waals surface area contributed by atoms with Crippen molar-refractivity contribution in [3.05, 3.63) is 56.6 Å². The predicted molar refractivity (Wildman–Crippen MR) is 81.9 cm³/mol. The number of benzene rings is 2. The Morgan fingerprint density at radius 1 is 1.13 bits per heavy atom. The van der Waals surface area contributed by atoms with Gasteiger partial charge in [-0.2, -0.15) is 0 Å². The largest absolute Gasteiger partial charge is 0.478 e. The van der Waals surface area contributed by atoms with E-state index < -0.39 is 28.1 Å². The molecule has 0 bridgehead atoms. The fourth-order valence-corrected chi connectivity index (χ4v) is 2.28. The lowest BCUT2D eigenvalue weighted by Gasteiger charge is -2.11. The first kappa shape index (κ1) is 16.2. The number of nitrogen functional groups attached to an aromatic ring is 1. The van der Waals surface area contributed by atoms with Gasteiger partial charge in [0.1, 0.15) is 5.69 Å². The molecule has 0 atom stereocenters. The molecule has 0 radical (unpaired) electrons. The van der Waals surface area contributed by atoms with Crippen LogP contribution in [0.4, 0.5) is 11.4 Å². The lowest BCUT2D eigenvalue weighted by Crippen LogP contribution is -2.07. The SMILES string of the molecule is Nc1c(Cl)cc(C(=O)O)c(-c2ccc(C(=O)O)cc2)c1[N+](=O)[O-]. The summed E-state index contributed by atoms with van der Waals surface area (Å²) in [5, 5.41) is 29.2. The quantitative estimate of drug-likeness (QED) is 0.442. The zero-order chi connectivity index (χ0) is 17.3. The molecule has 0 heterocycles. The van der Waals surface area contributed by atoms with Crippen LogP contribution < -0.4 is 5.73 Å². The number of nitro groups is 1. The third-order valence-corrected chi connectivity index (χ3v) is 3.44. The van der Waals surface area contributed by atoms with E-state index in [2.05, 4.69) is 0 Å². The molecule has 0 saturated heterocycles. The van der Waals surface area contributed by atoms with Crippen molar-refractivity contribution < 1.29 is 24.7 Å². The number of nitrogens with two attached hydrogens (primary N) is 1. The van der Waals surface area contributed by atoms with Gasteiger partial charge in [-0.25, -0.2) is 9.59 Å². The highest BCUT2D eigenvalue weighted by molar-refractivity contribution is 6.34. The molecule has 9 heteroatoms. The maximum atomic E-state index is 11.4. The monoisotopic (exact) mass is 336 g/mol. The highest BCUT2D eigenvalue weighted by atomic mass is 35.5. The second kappa shape index (κ2) is 5.93. The number of carbonyl (C=O) groups is 2. The Hall–Kier alpha value is -3.13. The van der Waals surface area contributed by atoms with Gasteiger partial charge in [0.15, 0.2) is 0 Å². The molecule has 2 rings (SSSR count). The van der Waals surface area contributed by atoms with Gasteiger partial charge < -0.3 is 15.9 Å². The summed E-state index contributed by atoms with van der Waals surface area (Å²) in [6.07, 6.45) is 0. The van der Waals surface area contributed by atoms with Gasteiger partial charge in [-0.1, -0.05) is 23.7 Å². The van der Waals surface area contributed by atoms with Crippen LogP contribution in [0, 0.1) is 10.1 Å². The summed E-state index contributed by atoms with van der Waals surface area (Å²) in [5.41, 5.74) is 4.06. The third kappa shape index (κ3) is 2.92. The Balaban J connectivity index is 2.82. The smallest absolute Gasteiger partial charge is 0.336 e. The number of hydrogen-bond acceptors (Lipinski definition) is 5. The lowest BCUT2D eigenvalue weighted by molar-refractivity contribution is -0.383. The lowest BCUT2D eigenvalue weighted by atomic mass is 9.95. The number of carboxylic acids is 2. The van der Waals surface area contributed by atoms with Gasteiger partial charge in [0.2, 0.25) is 0 Å². The fraction of sp³-hybridized carbons (Fsp3) is 0. The minimum Gasteiger partial charge on any atom is -0.478 e. The maximum absolute atomic E-state index is 11.4. The second-order valence-corrected chi connectivity index (χ2v) is 4.90. The molecule has 8 nitrogen and oxygen atoms in total. The highest BCUT2D eigenvalue weighted by Crippen LogP contribution is 2.41. The number of hydrogen-bond donors (Lipinski definition) is 3. The van der Waals surface area contributed by atoms with Crippen LogP contribution in [0.2, 0.25) is 5.02 Å². The van der Waals surface area contributed by atoms with Crippen LogP contribution in [0.3, 0.4) is 0 Å². The Kier molecular flexibility index (Phi) is 4.19. The van der Waals surface area contributed by atoms with Crippen LogP contribution in [0.5, 0.6) is 0 Å². The van der Waals surface area contributed by atoms with E-state index in [9.17, 15) is 24.8 Å². The first-order chi connectivity index (χ1) is 10.7. The zero-order valence-corrected chi connectivity index (χ0v) is 12.1. The molecule has 0 spiro atoms. The molecule has 0 aliphatic carbocycles. The standard InChI is InChI=1S/C14H9ClN2O6/c15-9-5-8(14(20)21)10(12(11(9)16)17(22)23)6-1-3-7(4-2-6)13(18)19/h1-5H,16H2,(H,18,19)(H,20,21). The van der Waals surface area contributed by atoms with E-state index in [-0.39, 0.29) is 27.4 Å². The Morgan fingerprint density at radius 2 is 1.70 bits per heavy atom. The number of rotatable bonds is 4. The Bertz CT molecular complexity index is 832.